The zero-order valence-electron chi connectivity index (χ0n) is 14.6. The van der Waals surface area contributed by atoms with Gasteiger partial charge in [0.2, 0.25) is 5.91 Å². The van der Waals surface area contributed by atoms with Crippen LogP contribution in [-0.4, -0.2) is 35.7 Å². The van der Waals surface area contributed by atoms with E-state index in [4.69, 9.17) is 9.26 Å². The molecule has 0 unspecified atom stereocenters. The molecule has 2 aromatic rings. The number of benzene rings is 1. The molecule has 1 fully saturated rings. The summed E-state index contributed by atoms with van der Waals surface area (Å²) in [5.41, 5.74) is 1.12. The van der Waals surface area contributed by atoms with Crippen LogP contribution >= 0.6 is 0 Å². The Morgan fingerprint density at radius 1 is 1.15 bits per heavy atom. The summed E-state index contributed by atoms with van der Waals surface area (Å²) in [6.45, 7) is 2.12. The normalized spacial score (nSPS) is 18.4. The van der Waals surface area contributed by atoms with Crippen LogP contribution in [-0.2, 0) is 28.7 Å². The van der Waals surface area contributed by atoms with Gasteiger partial charge in [0.05, 0.1) is 12.1 Å². The van der Waals surface area contributed by atoms with Crippen molar-refractivity contribution in [3.8, 4) is 11.3 Å². The third-order valence-corrected chi connectivity index (χ3v) is 5.20. The smallest absolute Gasteiger partial charge is 0.381 e. The van der Waals surface area contributed by atoms with Crippen molar-refractivity contribution >= 4 is 5.91 Å². The Labute approximate surface area is 154 Å². The molecule has 0 N–H and O–H groups in total. The first-order chi connectivity index (χ1) is 12.9. The molecule has 8 heteroatoms. The van der Waals surface area contributed by atoms with Crippen molar-refractivity contribution in [3.63, 3.8) is 0 Å². The molecule has 1 aromatic carbocycles. The Kier molecular flexibility index (Phi) is 4.67. The average molecular weight is 380 g/mol. The Balaban J connectivity index is 1.55. The van der Waals surface area contributed by atoms with Crippen LogP contribution in [0.5, 0.6) is 0 Å². The molecule has 1 aromatic heterocycles. The summed E-state index contributed by atoms with van der Waals surface area (Å²) in [6.07, 6.45) is -2.39. The van der Waals surface area contributed by atoms with E-state index in [9.17, 15) is 18.0 Å². The molecule has 2 aliphatic rings. The van der Waals surface area contributed by atoms with Gasteiger partial charge in [-0.05, 0) is 25.0 Å². The minimum Gasteiger partial charge on any atom is -0.381 e. The zero-order chi connectivity index (χ0) is 19.0. The topological polar surface area (TPSA) is 55.6 Å². The zero-order valence-corrected chi connectivity index (χ0v) is 14.6. The standard InChI is InChI=1S/C19H19F3N2O3/c20-19(21,22)14-3-1-12(2-4-14)17-15-11-24(8-5-16(15)27-23-17)18(25)13-6-9-26-10-7-13/h1-4,13H,5-11H2. The fourth-order valence-electron chi connectivity index (χ4n) is 3.64. The molecule has 0 radical (unpaired) electrons. The molecule has 4 rings (SSSR count). The third kappa shape index (κ3) is 3.58. The molecule has 2 aliphatic heterocycles. The van der Waals surface area contributed by atoms with Crippen LogP contribution in [0.4, 0.5) is 13.2 Å². The number of rotatable bonds is 2. The quantitative estimate of drug-likeness (QED) is 0.798. The van der Waals surface area contributed by atoms with Crippen molar-refractivity contribution in [2.24, 2.45) is 5.92 Å². The molecular formula is C19H19F3N2O3. The number of fused-ring (bicyclic) bond motifs is 1. The summed E-state index contributed by atoms with van der Waals surface area (Å²) in [5.74, 6) is 0.763. The average Bonchev–Trinajstić information content (AvgIpc) is 3.10. The highest BCUT2D eigenvalue weighted by Crippen LogP contribution is 2.34. The number of aromatic nitrogens is 1. The van der Waals surface area contributed by atoms with Gasteiger partial charge in [0.1, 0.15) is 11.5 Å². The highest BCUT2D eigenvalue weighted by Gasteiger charge is 2.33. The molecule has 1 saturated heterocycles. The summed E-state index contributed by atoms with van der Waals surface area (Å²) in [4.78, 5) is 14.6. The number of amides is 1. The van der Waals surface area contributed by atoms with Crippen molar-refractivity contribution < 1.29 is 27.2 Å². The molecule has 0 saturated carbocycles. The van der Waals surface area contributed by atoms with Gasteiger partial charge in [-0.3, -0.25) is 4.79 Å². The van der Waals surface area contributed by atoms with Gasteiger partial charge in [-0.15, -0.1) is 0 Å². The van der Waals surface area contributed by atoms with Crippen LogP contribution in [0.2, 0.25) is 0 Å². The second kappa shape index (κ2) is 6.99. The molecule has 0 aliphatic carbocycles. The van der Waals surface area contributed by atoms with Crippen LogP contribution in [0.1, 0.15) is 29.7 Å². The lowest BCUT2D eigenvalue weighted by Crippen LogP contribution is -2.41. The highest BCUT2D eigenvalue weighted by molar-refractivity contribution is 5.79. The van der Waals surface area contributed by atoms with E-state index >= 15 is 0 Å². The van der Waals surface area contributed by atoms with Crippen molar-refractivity contribution in [1.29, 1.82) is 0 Å². The third-order valence-electron chi connectivity index (χ3n) is 5.20. The van der Waals surface area contributed by atoms with Gasteiger partial charge >= 0.3 is 6.18 Å². The monoisotopic (exact) mass is 380 g/mol. The molecule has 0 spiro atoms. The van der Waals surface area contributed by atoms with Gasteiger partial charge in [0.15, 0.2) is 0 Å². The Hall–Kier alpha value is -2.35. The molecule has 5 nitrogen and oxygen atoms in total. The van der Waals surface area contributed by atoms with Gasteiger partial charge in [0.25, 0.3) is 0 Å². The predicted octanol–water partition coefficient (Wildman–Crippen LogP) is 3.67. The molecule has 0 bridgehead atoms. The summed E-state index contributed by atoms with van der Waals surface area (Å²) in [5, 5.41) is 4.05. The van der Waals surface area contributed by atoms with Crippen molar-refractivity contribution in [2.75, 3.05) is 19.8 Å². The van der Waals surface area contributed by atoms with Crippen LogP contribution in [0.3, 0.4) is 0 Å². The number of halogens is 3. The van der Waals surface area contributed by atoms with Crippen molar-refractivity contribution in [3.05, 3.63) is 41.2 Å². The highest BCUT2D eigenvalue weighted by atomic mass is 19.4. The summed E-state index contributed by atoms with van der Waals surface area (Å²) in [6, 6.07) is 4.84. The van der Waals surface area contributed by atoms with Gasteiger partial charge in [-0.25, -0.2) is 0 Å². The molecule has 144 valence electrons. The second-order valence-corrected chi connectivity index (χ2v) is 6.90. The van der Waals surface area contributed by atoms with E-state index in [0.717, 1.165) is 30.5 Å². The minimum absolute atomic E-state index is 0.0327. The van der Waals surface area contributed by atoms with Gasteiger partial charge in [-0.2, -0.15) is 13.2 Å². The first-order valence-electron chi connectivity index (χ1n) is 8.95. The SMILES string of the molecule is O=C(C1CCOCC1)N1CCc2onc(-c3ccc(C(F)(F)F)cc3)c2C1. The van der Waals surface area contributed by atoms with E-state index < -0.39 is 11.7 Å². The van der Waals surface area contributed by atoms with E-state index in [0.29, 0.717) is 49.7 Å². The number of hydrogen-bond acceptors (Lipinski definition) is 4. The molecule has 3 heterocycles. The number of ether oxygens (including phenoxy) is 1. The fourth-order valence-corrected chi connectivity index (χ4v) is 3.64. The lowest BCUT2D eigenvalue weighted by molar-refractivity contribution is -0.139. The van der Waals surface area contributed by atoms with Gasteiger partial charge in [0, 0.05) is 43.2 Å². The maximum Gasteiger partial charge on any atom is 0.416 e. The maximum atomic E-state index is 12.8. The number of carbonyl (C=O) groups is 1. The van der Waals surface area contributed by atoms with Crippen LogP contribution < -0.4 is 0 Å². The Morgan fingerprint density at radius 3 is 2.52 bits per heavy atom. The minimum atomic E-state index is -4.38. The van der Waals surface area contributed by atoms with Gasteiger partial charge in [-0.1, -0.05) is 17.3 Å². The van der Waals surface area contributed by atoms with E-state index in [1.807, 2.05) is 0 Å². The van der Waals surface area contributed by atoms with Crippen LogP contribution in [0.25, 0.3) is 11.3 Å². The van der Waals surface area contributed by atoms with Gasteiger partial charge < -0.3 is 14.2 Å². The predicted molar refractivity (Wildman–Crippen MR) is 89.6 cm³/mol. The number of alkyl halides is 3. The lowest BCUT2D eigenvalue weighted by atomic mass is 9.95. The van der Waals surface area contributed by atoms with E-state index in [-0.39, 0.29) is 11.8 Å². The second-order valence-electron chi connectivity index (χ2n) is 6.90. The largest absolute Gasteiger partial charge is 0.416 e. The van der Waals surface area contributed by atoms with Crippen LogP contribution in [0, 0.1) is 5.92 Å². The van der Waals surface area contributed by atoms with Crippen LogP contribution in [0.15, 0.2) is 28.8 Å². The molecule has 27 heavy (non-hydrogen) atoms. The number of hydrogen-bond donors (Lipinski definition) is 0. The summed E-state index contributed by atoms with van der Waals surface area (Å²) < 4.78 is 49.0. The first-order valence-corrected chi connectivity index (χ1v) is 8.95. The first kappa shape index (κ1) is 18.0. The van der Waals surface area contributed by atoms with E-state index in [1.54, 1.807) is 4.90 Å². The molecular weight excluding hydrogens is 361 g/mol. The van der Waals surface area contributed by atoms with E-state index in [2.05, 4.69) is 5.16 Å². The molecule has 1 amide bonds. The lowest BCUT2D eigenvalue weighted by Gasteiger charge is -2.31. The van der Waals surface area contributed by atoms with Crippen molar-refractivity contribution in [1.82, 2.24) is 10.1 Å². The summed E-state index contributed by atoms with van der Waals surface area (Å²) in [7, 11) is 0. The fraction of sp³-hybridized carbons (Fsp3) is 0.474. The van der Waals surface area contributed by atoms with Crippen molar-refractivity contribution in [2.45, 2.75) is 32.0 Å². The number of nitrogens with zero attached hydrogens (tertiary/aromatic N) is 2. The van der Waals surface area contributed by atoms with E-state index in [1.165, 1.54) is 12.1 Å². The Bertz CT molecular complexity index is 824. The number of carbonyl (C=O) groups excluding carboxylic acids is 1. The maximum absolute atomic E-state index is 12.8. The Morgan fingerprint density at radius 2 is 1.85 bits per heavy atom. The molecule has 0 atom stereocenters. The summed E-state index contributed by atoms with van der Waals surface area (Å²) >= 11 is 0.